The highest BCUT2D eigenvalue weighted by Gasteiger charge is 2.38. The van der Waals surface area contributed by atoms with Crippen molar-refractivity contribution in [3.05, 3.63) is 28.8 Å². The Kier molecular flexibility index (Phi) is 3.56. The smallest absolute Gasteiger partial charge is 0.337 e. The zero-order chi connectivity index (χ0) is 15.1. The number of nitrogens with zero attached hydrogens (tertiary/aromatic N) is 1. The summed E-state index contributed by atoms with van der Waals surface area (Å²) in [6, 6.07) is 4.10. The lowest BCUT2D eigenvalue weighted by Crippen LogP contribution is -2.46. The highest BCUT2D eigenvalue weighted by molar-refractivity contribution is 6.33. The van der Waals surface area contributed by atoms with Crippen molar-refractivity contribution in [3.63, 3.8) is 0 Å². The summed E-state index contributed by atoms with van der Waals surface area (Å²) in [6.45, 7) is 3.70. The van der Waals surface area contributed by atoms with Crippen molar-refractivity contribution in [1.29, 1.82) is 0 Å². The number of piperidine rings is 1. The molecule has 1 N–H and O–H groups in total. The maximum atomic E-state index is 12.1. The average Bonchev–Trinajstić information content (AvgIpc) is 2.28. The van der Waals surface area contributed by atoms with Crippen molar-refractivity contribution in [2.75, 3.05) is 4.90 Å². The molecule has 0 saturated carbocycles. The fourth-order valence-corrected chi connectivity index (χ4v) is 2.48. The number of benzene rings is 1. The van der Waals surface area contributed by atoms with E-state index in [0.29, 0.717) is 0 Å². The highest BCUT2D eigenvalue weighted by Crippen LogP contribution is 2.34. The number of imide groups is 1. The van der Waals surface area contributed by atoms with Crippen LogP contribution in [0.5, 0.6) is 0 Å². The Morgan fingerprint density at radius 1 is 1.25 bits per heavy atom. The van der Waals surface area contributed by atoms with Gasteiger partial charge in [-0.05, 0) is 23.6 Å². The van der Waals surface area contributed by atoms with E-state index in [1.165, 1.54) is 18.2 Å². The van der Waals surface area contributed by atoms with Crippen LogP contribution in [0.25, 0.3) is 0 Å². The van der Waals surface area contributed by atoms with Gasteiger partial charge >= 0.3 is 5.97 Å². The largest absolute Gasteiger partial charge is 0.478 e. The van der Waals surface area contributed by atoms with E-state index >= 15 is 0 Å². The van der Waals surface area contributed by atoms with Crippen LogP contribution in [0.1, 0.15) is 37.0 Å². The van der Waals surface area contributed by atoms with Crippen LogP contribution in [0.2, 0.25) is 5.02 Å². The Hall–Kier alpha value is -1.88. The van der Waals surface area contributed by atoms with Gasteiger partial charge in [-0.15, -0.1) is 0 Å². The van der Waals surface area contributed by atoms with E-state index in [1.54, 1.807) is 0 Å². The Morgan fingerprint density at radius 2 is 1.80 bits per heavy atom. The van der Waals surface area contributed by atoms with Crippen LogP contribution in [0.15, 0.2) is 18.2 Å². The Labute approximate surface area is 121 Å². The van der Waals surface area contributed by atoms with E-state index < -0.39 is 5.97 Å². The number of carboxylic acids is 1. The molecule has 2 amide bonds. The lowest BCUT2D eigenvalue weighted by Gasteiger charge is -2.34. The summed E-state index contributed by atoms with van der Waals surface area (Å²) in [5.74, 6) is -1.86. The van der Waals surface area contributed by atoms with E-state index in [-0.39, 0.29) is 46.3 Å². The predicted octanol–water partition coefficient (Wildman–Crippen LogP) is 2.72. The second-order valence-corrected chi connectivity index (χ2v) is 6.02. The lowest BCUT2D eigenvalue weighted by molar-refractivity contribution is -0.132. The molecule has 2 rings (SSSR count). The number of aromatic carboxylic acids is 1. The molecule has 1 aliphatic rings. The molecule has 1 saturated heterocycles. The fraction of sp³-hybridized carbons (Fsp3) is 0.357. The van der Waals surface area contributed by atoms with Gasteiger partial charge in [-0.25, -0.2) is 4.79 Å². The van der Waals surface area contributed by atoms with Crippen molar-refractivity contribution in [2.24, 2.45) is 5.41 Å². The van der Waals surface area contributed by atoms with Crippen LogP contribution in [0.4, 0.5) is 5.69 Å². The first-order valence-electron chi connectivity index (χ1n) is 6.10. The summed E-state index contributed by atoms with van der Waals surface area (Å²) < 4.78 is 0. The number of carbonyl (C=O) groups excluding carboxylic acids is 2. The minimum absolute atomic E-state index is 0.0680. The van der Waals surface area contributed by atoms with Crippen LogP contribution >= 0.6 is 11.6 Å². The summed E-state index contributed by atoms with van der Waals surface area (Å²) in [4.78, 5) is 36.3. The predicted molar refractivity (Wildman–Crippen MR) is 73.9 cm³/mol. The number of carbonyl (C=O) groups is 3. The molecule has 1 fully saturated rings. The van der Waals surface area contributed by atoms with Crippen molar-refractivity contribution in [3.8, 4) is 0 Å². The third-order valence-corrected chi connectivity index (χ3v) is 3.53. The molecule has 5 nitrogen and oxygen atoms in total. The molecule has 1 aromatic carbocycles. The van der Waals surface area contributed by atoms with E-state index in [2.05, 4.69) is 0 Å². The van der Waals surface area contributed by atoms with Gasteiger partial charge in [0.05, 0.1) is 16.3 Å². The molecule has 6 heteroatoms. The minimum Gasteiger partial charge on any atom is -0.478 e. The second-order valence-electron chi connectivity index (χ2n) is 5.61. The number of hydrogen-bond donors (Lipinski definition) is 1. The summed E-state index contributed by atoms with van der Waals surface area (Å²) in [7, 11) is 0. The van der Waals surface area contributed by atoms with Crippen molar-refractivity contribution in [1.82, 2.24) is 0 Å². The zero-order valence-electron chi connectivity index (χ0n) is 11.1. The monoisotopic (exact) mass is 295 g/mol. The topological polar surface area (TPSA) is 74.7 Å². The Balaban J connectivity index is 2.42. The Bertz CT molecular complexity index is 589. The molecule has 1 aromatic rings. The standard InChI is InChI=1S/C14H14ClNO4/c1-14(2)6-11(17)16(12(18)7-14)8-3-4-10(15)9(5-8)13(19)20/h3-5H,6-7H2,1-2H3,(H,19,20). The zero-order valence-corrected chi connectivity index (χ0v) is 11.9. The van der Waals surface area contributed by atoms with Crippen LogP contribution < -0.4 is 4.90 Å². The van der Waals surface area contributed by atoms with Gasteiger partial charge < -0.3 is 5.11 Å². The minimum atomic E-state index is -1.20. The third kappa shape index (κ3) is 2.67. The summed E-state index contributed by atoms with van der Waals surface area (Å²) in [5.41, 5.74) is -0.251. The van der Waals surface area contributed by atoms with Crippen LogP contribution in [0, 0.1) is 5.41 Å². The quantitative estimate of drug-likeness (QED) is 0.851. The van der Waals surface area contributed by atoms with E-state index in [0.717, 1.165) is 4.90 Å². The first-order chi connectivity index (χ1) is 9.21. The van der Waals surface area contributed by atoms with Gasteiger partial charge in [-0.2, -0.15) is 0 Å². The molecule has 20 heavy (non-hydrogen) atoms. The summed E-state index contributed by atoms with van der Waals surface area (Å²) in [6.07, 6.45) is 0.480. The number of amides is 2. The second kappa shape index (κ2) is 4.90. The first-order valence-corrected chi connectivity index (χ1v) is 6.48. The van der Waals surface area contributed by atoms with Crippen molar-refractivity contribution < 1.29 is 19.5 Å². The van der Waals surface area contributed by atoms with E-state index in [4.69, 9.17) is 16.7 Å². The lowest BCUT2D eigenvalue weighted by atomic mass is 9.81. The number of anilines is 1. The molecule has 0 atom stereocenters. The van der Waals surface area contributed by atoms with Crippen LogP contribution in [-0.4, -0.2) is 22.9 Å². The number of halogens is 1. The van der Waals surface area contributed by atoms with Crippen molar-refractivity contribution in [2.45, 2.75) is 26.7 Å². The van der Waals surface area contributed by atoms with E-state index in [1.807, 2.05) is 13.8 Å². The maximum Gasteiger partial charge on any atom is 0.337 e. The molecular formula is C14H14ClNO4. The van der Waals surface area contributed by atoms with Gasteiger partial charge in [0.1, 0.15) is 0 Å². The normalized spacial score (nSPS) is 18.2. The van der Waals surface area contributed by atoms with Gasteiger partial charge in [0.2, 0.25) is 11.8 Å². The van der Waals surface area contributed by atoms with Gasteiger partial charge in [-0.3, -0.25) is 14.5 Å². The molecule has 0 unspecified atom stereocenters. The van der Waals surface area contributed by atoms with Gasteiger partial charge in [0.25, 0.3) is 0 Å². The Morgan fingerprint density at radius 3 is 2.30 bits per heavy atom. The molecule has 1 aliphatic heterocycles. The average molecular weight is 296 g/mol. The van der Waals surface area contributed by atoms with Gasteiger partial charge in [0.15, 0.2) is 0 Å². The molecular weight excluding hydrogens is 282 g/mol. The number of rotatable bonds is 2. The fourth-order valence-electron chi connectivity index (χ4n) is 2.28. The SMILES string of the molecule is CC1(C)CC(=O)N(c2ccc(Cl)c(C(=O)O)c2)C(=O)C1. The molecule has 0 radical (unpaired) electrons. The molecule has 106 valence electrons. The van der Waals surface area contributed by atoms with Crippen molar-refractivity contribution >= 4 is 35.1 Å². The molecule has 1 heterocycles. The number of carboxylic acid groups (broad SMARTS) is 1. The third-order valence-electron chi connectivity index (χ3n) is 3.20. The summed E-state index contributed by atoms with van der Waals surface area (Å²) >= 11 is 5.78. The van der Waals surface area contributed by atoms with Crippen LogP contribution in [-0.2, 0) is 9.59 Å². The number of hydrogen-bond acceptors (Lipinski definition) is 3. The van der Waals surface area contributed by atoms with Gasteiger partial charge in [-0.1, -0.05) is 25.4 Å². The van der Waals surface area contributed by atoms with Crippen LogP contribution in [0.3, 0.4) is 0 Å². The van der Waals surface area contributed by atoms with E-state index in [9.17, 15) is 14.4 Å². The summed E-state index contributed by atoms with van der Waals surface area (Å²) in [5, 5.41) is 9.10. The molecule has 0 spiro atoms. The molecule has 0 aromatic heterocycles. The highest BCUT2D eigenvalue weighted by atomic mass is 35.5. The van der Waals surface area contributed by atoms with Gasteiger partial charge in [0, 0.05) is 12.8 Å². The molecule has 0 bridgehead atoms. The first kappa shape index (κ1) is 14.5. The maximum absolute atomic E-state index is 12.1. The molecule has 0 aliphatic carbocycles.